The van der Waals surface area contributed by atoms with Crippen molar-refractivity contribution >= 4 is 17.7 Å². The Balaban J connectivity index is 2.32. The lowest BCUT2D eigenvalue weighted by atomic mass is 10.1. The normalized spacial score (nSPS) is 18.7. The minimum Gasteiger partial charge on any atom is -0.480 e. The van der Waals surface area contributed by atoms with Gasteiger partial charge in [0.15, 0.2) is 4.93 Å². The quantitative estimate of drug-likeness (QED) is 0.825. The predicted molar refractivity (Wildman–Crippen MR) is 61.6 cm³/mol. The molecule has 5 heteroatoms. The van der Waals surface area contributed by atoms with E-state index in [1.54, 1.807) is 23.9 Å². The van der Waals surface area contributed by atoms with Gasteiger partial charge in [0, 0.05) is 0 Å². The van der Waals surface area contributed by atoms with Crippen LogP contribution >= 0.6 is 11.8 Å². The second-order valence-corrected chi connectivity index (χ2v) is 5.75. The van der Waals surface area contributed by atoms with Crippen molar-refractivity contribution in [1.82, 2.24) is 0 Å². The molecule has 0 saturated heterocycles. The second-order valence-electron chi connectivity index (χ2n) is 4.13. The Morgan fingerprint density at radius 1 is 1.56 bits per heavy atom. The van der Waals surface area contributed by atoms with Gasteiger partial charge in [-0.3, -0.25) is 4.79 Å². The van der Waals surface area contributed by atoms with Gasteiger partial charge in [-0.1, -0.05) is 17.8 Å². The first kappa shape index (κ1) is 11.3. The van der Waals surface area contributed by atoms with Crippen molar-refractivity contribution in [2.24, 2.45) is 5.73 Å². The molecule has 0 radical (unpaired) electrons. The first-order chi connectivity index (χ1) is 7.39. The largest absolute Gasteiger partial charge is 0.480 e. The minimum atomic E-state index is -1.04. The Morgan fingerprint density at radius 3 is 2.88 bits per heavy atom. The van der Waals surface area contributed by atoms with Gasteiger partial charge in [-0.25, -0.2) is 0 Å². The number of carboxylic acid groups (broad SMARTS) is 1. The fraction of sp³-hybridized carbons (Fsp3) is 0.364. The van der Waals surface area contributed by atoms with Crippen molar-refractivity contribution in [3.05, 3.63) is 23.8 Å². The lowest BCUT2D eigenvalue weighted by molar-refractivity contribution is -0.138. The summed E-state index contributed by atoms with van der Waals surface area (Å²) in [7, 11) is 0. The average molecular weight is 239 g/mol. The molecule has 86 valence electrons. The van der Waals surface area contributed by atoms with E-state index in [1.807, 2.05) is 19.9 Å². The number of carbonyl (C=O) groups is 1. The van der Waals surface area contributed by atoms with Crippen LogP contribution in [0.5, 0.6) is 5.75 Å². The smallest absolute Gasteiger partial charge is 0.325 e. The van der Waals surface area contributed by atoms with Crippen LogP contribution in [0.4, 0.5) is 0 Å². The summed E-state index contributed by atoms with van der Waals surface area (Å²) in [5.74, 6) is -0.325. The van der Waals surface area contributed by atoms with Crippen LogP contribution < -0.4 is 10.5 Å². The highest BCUT2D eigenvalue weighted by molar-refractivity contribution is 8.00. The maximum atomic E-state index is 10.8. The summed E-state index contributed by atoms with van der Waals surface area (Å²) >= 11 is 1.61. The first-order valence-corrected chi connectivity index (χ1v) is 5.71. The van der Waals surface area contributed by atoms with E-state index in [1.165, 1.54) is 0 Å². The van der Waals surface area contributed by atoms with Gasteiger partial charge in [-0.2, -0.15) is 0 Å². The first-order valence-electron chi connectivity index (χ1n) is 4.89. The predicted octanol–water partition coefficient (Wildman–Crippen LogP) is 1.99. The molecule has 0 aliphatic carbocycles. The molecule has 1 heterocycles. The SMILES string of the molecule is CC1(C)Oc2cc(C(N)C(=O)O)ccc2S1. The van der Waals surface area contributed by atoms with Gasteiger partial charge in [0.05, 0.1) is 4.90 Å². The van der Waals surface area contributed by atoms with E-state index < -0.39 is 12.0 Å². The Hall–Kier alpha value is -1.20. The van der Waals surface area contributed by atoms with Crippen LogP contribution in [0.25, 0.3) is 0 Å². The molecular formula is C11H13NO3S. The molecule has 3 N–H and O–H groups in total. The highest BCUT2D eigenvalue weighted by atomic mass is 32.2. The third-order valence-electron chi connectivity index (χ3n) is 2.30. The van der Waals surface area contributed by atoms with Crippen LogP contribution in [0, 0.1) is 0 Å². The number of benzene rings is 1. The summed E-state index contributed by atoms with van der Waals surface area (Å²) in [6.07, 6.45) is 0. The van der Waals surface area contributed by atoms with Gasteiger partial charge in [0.25, 0.3) is 0 Å². The van der Waals surface area contributed by atoms with Crippen LogP contribution in [0.3, 0.4) is 0 Å². The Kier molecular flexibility index (Phi) is 2.59. The summed E-state index contributed by atoms with van der Waals surface area (Å²) in [5, 5.41) is 8.82. The molecule has 0 amide bonds. The van der Waals surface area contributed by atoms with Gasteiger partial charge in [0.2, 0.25) is 0 Å². The minimum absolute atomic E-state index is 0.297. The molecule has 2 rings (SSSR count). The van der Waals surface area contributed by atoms with Crippen molar-refractivity contribution in [3.8, 4) is 5.75 Å². The molecule has 16 heavy (non-hydrogen) atoms. The molecule has 1 aromatic rings. The molecule has 0 saturated carbocycles. The number of aliphatic carboxylic acids is 1. The van der Waals surface area contributed by atoms with E-state index in [0.29, 0.717) is 11.3 Å². The lowest BCUT2D eigenvalue weighted by Crippen LogP contribution is -2.21. The third-order valence-corrected chi connectivity index (χ3v) is 3.44. The molecule has 1 unspecified atom stereocenters. The van der Waals surface area contributed by atoms with Crippen molar-refractivity contribution in [3.63, 3.8) is 0 Å². The van der Waals surface area contributed by atoms with E-state index in [9.17, 15) is 4.79 Å². The standard InChI is InChI=1S/C11H13NO3S/c1-11(2)15-7-5-6(9(12)10(13)14)3-4-8(7)16-11/h3-5,9H,12H2,1-2H3,(H,13,14). The monoisotopic (exact) mass is 239 g/mol. The number of thioether (sulfide) groups is 1. The molecule has 1 aliphatic rings. The number of carboxylic acids is 1. The zero-order valence-electron chi connectivity index (χ0n) is 9.06. The fourth-order valence-corrected chi connectivity index (χ4v) is 2.57. The Labute approximate surface area is 97.8 Å². The maximum absolute atomic E-state index is 10.8. The second kappa shape index (κ2) is 3.68. The Morgan fingerprint density at radius 2 is 2.25 bits per heavy atom. The van der Waals surface area contributed by atoms with Crippen LogP contribution in [-0.2, 0) is 4.79 Å². The van der Waals surface area contributed by atoms with Gasteiger partial charge >= 0.3 is 5.97 Å². The molecule has 4 nitrogen and oxygen atoms in total. The van der Waals surface area contributed by atoms with E-state index in [2.05, 4.69) is 0 Å². The zero-order chi connectivity index (χ0) is 11.9. The van der Waals surface area contributed by atoms with E-state index in [4.69, 9.17) is 15.6 Å². The number of fused-ring (bicyclic) bond motifs is 1. The molecule has 1 aromatic carbocycles. The molecule has 0 aromatic heterocycles. The van der Waals surface area contributed by atoms with Crippen molar-refractivity contribution in [2.75, 3.05) is 0 Å². The molecular weight excluding hydrogens is 226 g/mol. The number of hydrogen-bond acceptors (Lipinski definition) is 4. The number of rotatable bonds is 2. The molecule has 0 spiro atoms. The summed E-state index contributed by atoms with van der Waals surface area (Å²) in [6.45, 7) is 3.93. The van der Waals surface area contributed by atoms with Gasteiger partial charge in [-0.15, -0.1) is 0 Å². The van der Waals surface area contributed by atoms with Crippen LogP contribution in [0.2, 0.25) is 0 Å². The van der Waals surface area contributed by atoms with E-state index >= 15 is 0 Å². The molecule has 0 fully saturated rings. The molecule has 0 bridgehead atoms. The van der Waals surface area contributed by atoms with E-state index in [0.717, 1.165) is 4.90 Å². The van der Waals surface area contributed by atoms with Crippen molar-refractivity contribution < 1.29 is 14.6 Å². The summed E-state index contributed by atoms with van der Waals surface area (Å²) in [5.41, 5.74) is 6.10. The van der Waals surface area contributed by atoms with Crippen LogP contribution in [0.15, 0.2) is 23.1 Å². The summed E-state index contributed by atoms with van der Waals surface area (Å²) in [6, 6.07) is 4.29. The zero-order valence-corrected chi connectivity index (χ0v) is 9.88. The Bertz CT molecular complexity index is 445. The van der Waals surface area contributed by atoms with Crippen LogP contribution in [0.1, 0.15) is 25.5 Å². The van der Waals surface area contributed by atoms with Gasteiger partial charge < -0.3 is 15.6 Å². The number of ether oxygens (including phenoxy) is 1. The number of hydrogen-bond donors (Lipinski definition) is 2. The van der Waals surface area contributed by atoms with Crippen molar-refractivity contribution in [1.29, 1.82) is 0 Å². The molecule has 1 aliphatic heterocycles. The average Bonchev–Trinajstić information content (AvgIpc) is 2.48. The van der Waals surface area contributed by atoms with Crippen LogP contribution in [-0.4, -0.2) is 16.0 Å². The summed E-state index contributed by atoms with van der Waals surface area (Å²) in [4.78, 5) is 11.5. The highest BCUT2D eigenvalue weighted by Crippen LogP contribution is 2.47. The number of nitrogens with two attached hydrogens (primary N) is 1. The summed E-state index contributed by atoms with van der Waals surface area (Å²) < 4.78 is 5.68. The fourth-order valence-electron chi connectivity index (χ4n) is 1.58. The lowest BCUT2D eigenvalue weighted by Gasteiger charge is -2.15. The van der Waals surface area contributed by atoms with Gasteiger partial charge in [0.1, 0.15) is 11.8 Å². The van der Waals surface area contributed by atoms with Crippen molar-refractivity contribution in [2.45, 2.75) is 29.7 Å². The molecule has 1 atom stereocenters. The van der Waals surface area contributed by atoms with E-state index in [-0.39, 0.29) is 4.93 Å². The highest BCUT2D eigenvalue weighted by Gasteiger charge is 2.31. The topological polar surface area (TPSA) is 72.5 Å². The maximum Gasteiger partial charge on any atom is 0.325 e. The van der Waals surface area contributed by atoms with Gasteiger partial charge in [-0.05, 0) is 31.5 Å². The third kappa shape index (κ3) is 2.01.